The first-order valence-electron chi connectivity index (χ1n) is 6.49. The zero-order valence-corrected chi connectivity index (χ0v) is 11.1. The number of carbonyl (C=O) groups is 2. The minimum Gasteiger partial charge on any atom is -0.481 e. The van der Waals surface area contributed by atoms with Crippen LogP contribution in [0, 0.1) is 10.1 Å². The number of aliphatic carboxylic acids is 1. The van der Waals surface area contributed by atoms with Crippen molar-refractivity contribution in [2.75, 3.05) is 0 Å². The van der Waals surface area contributed by atoms with Crippen LogP contribution in [-0.4, -0.2) is 22.3 Å². The molecule has 0 saturated carbocycles. The third kappa shape index (κ3) is 4.79. The molecule has 0 fully saturated rings. The number of carboxylic acids is 1. The van der Waals surface area contributed by atoms with Crippen LogP contribution in [0.2, 0.25) is 0 Å². The number of nitro benzene ring substituents is 1. The Morgan fingerprint density at radius 3 is 2.55 bits per heavy atom. The van der Waals surface area contributed by atoms with Crippen LogP contribution in [0.25, 0.3) is 0 Å². The highest BCUT2D eigenvalue weighted by molar-refractivity contribution is 5.83. The zero-order chi connectivity index (χ0) is 15.0. The Morgan fingerprint density at radius 2 is 1.95 bits per heavy atom. The van der Waals surface area contributed by atoms with Gasteiger partial charge < -0.3 is 5.11 Å². The monoisotopic (exact) mass is 279 g/mol. The van der Waals surface area contributed by atoms with Crippen LogP contribution in [0.4, 0.5) is 5.69 Å². The fraction of sp³-hybridized carbons (Fsp3) is 0.429. The predicted octanol–water partition coefficient (Wildman–Crippen LogP) is 2.98. The summed E-state index contributed by atoms with van der Waals surface area (Å²) in [7, 11) is 0. The highest BCUT2D eigenvalue weighted by Gasteiger charge is 2.16. The lowest BCUT2D eigenvalue weighted by Gasteiger charge is -2.05. The van der Waals surface area contributed by atoms with Crippen molar-refractivity contribution in [2.24, 2.45) is 0 Å². The lowest BCUT2D eigenvalue weighted by atomic mass is 10.00. The number of aryl methyl sites for hydroxylation is 1. The number of hydrogen-bond donors (Lipinski definition) is 1. The first-order valence-corrected chi connectivity index (χ1v) is 6.49. The molecular formula is C14H17NO5. The maximum atomic E-state index is 11.0. The van der Waals surface area contributed by atoms with Crippen molar-refractivity contribution >= 4 is 17.9 Å². The molecule has 0 atom stereocenters. The van der Waals surface area contributed by atoms with Gasteiger partial charge in [0.2, 0.25) is 0 Å². The summed E-state index contributed by atoms with van der Waals surface area (Å²) in [4.78, 5) is 31.6. The molecule has 0 aliphatic rings. The van der Waals surface area contributed by atoms with Gasteiger partial charge in [0.1, 0.15) is 0 Å². The maximum absolute atomic E-state index is 11.0. The highest BCUT2D eigenvalue weighted by Crippen LogP contribution is 2.22. The molecule has 0 bridgehead atoms. The molecule has 0 heterocycles. The van der Waals surface area contributed by atoms with E-state index in [0.29, 0.717) is 24.7 Å². The summed E-state index contributed by atoms with van der Waals surface area (Å²) in [5, 5.41) is 19.3. The molecule has 1 rings (SSSR count). The van der Waals surface area contributed by atoms with E-state index in [4.69, 9.17) is 5.11 Å². The molecule has 0 aromatic heterocycles. The van der Waals surface area contributed by atoms with Gasteiger partial charge in [0.15, 0.2) is 6.29 Å². The Kier molecular flexibility index (Phi) is 6.36. The maximum Gasteiger partial charge on any atom is 0.303 e. The fourth-order valence-electron chi connectivity index (χ4n) is 2.06. The number of hydrogen-bond acceptors (Lipinski definition) is 4. The van der Waals surface area contributed by atoms with Gasteiger partial charge in [0.05, 0.1) is 10.5 Å². The van der Waals surface area contributed by atoms with Crippen molar-refractivity contribution in [2.45, 2.75) is 38.5 Å². The van der Waals surface area contributed by atoms with E-state index in [9.17, 15) is 19.7 Å². The molecule has 1 aromatic rings. The summed E-state index contributed by atoms with van der Waals surface area (Å²) in [5.74, 6) is -0.799. The molecule has 20 heavy (non-hydrogen) atoms. The second kappa shape index (κ2) is 8.04. The molecule has 0 saturated heterocycles. The SMILES string of the molecule is O=Cc1c(CCCCCCC(=O)O)cccc1[N+](=O)[O-]. The van der Waals surface area contributed by atoms with Gasteiger partial charge in [0.25, 0.3) is 5.69 Å². The van der Waals surface area contributed by atoms with Crippen molar-refractivity contribution in [1.29, 1.82) is 0 Å². The second-order valence-corrected chi connectivity index (χ2v) is 4.53. The molecule has 0 spiro atoms. The first kappa shape index (κ1) is 15.8. The Hall–Kier alpha value is -2.24. The number of aldehydes is 1. The Labute approximate surface area is 116 Å². The Morgan fingerprint density at radius 1 is 1.25 bits per heavy atom. The molecule has 1 aromatic carbocycles. The van der Waals surface area contributed by atoms with E-state index in [1.807, 2.05) is 0 Å². The molecule has 108 valence electrons. The first-order chi connectivity index (χ1) is 9.56. The van der Waals surface area contributed by atoms with Crippen LogP contribution in [-0.2, 0) is 11.2 Å². The highest BCUT2D eigenvalue weighted by atomic mass is 16.6. The molecule has 0 unspecified atom stereocenters. The van der Waals surface area contributed by atoms with Crippen LogP contribution in [0.3, 0.4) is 0 Å². The van der Waals surface area contributed by atoms with Crippen LogP contribution in [0.1, 0.15) is 48.0 Å². The summed E-state index contributed by atoms with van der Waals surface area (Å²) in [5.41, 5.74) is 0.652. The standard InChI is InChI=1S/C14H17NO5/c16-10-12-11(7-5-8-13(12)15(19)20)6-3-1-2-4-9-14(17)18/h5,7-8,10H,1-4,6,9H2,(H,17,18). The van der Waals surface area contributed by atoms with Gasteiger partial charge in [-0.2, -0.15) is 0 Å². The predicted molar refractivity (Wildman–Crippen MR) is 72.9 cm³/mol. The smallest absolute Gasteiger partial charge is 0.303 e. The van der Waals surface area contributed by atoms with Crippen LogP contribution < -0.4 is 0 Å². The average Bonchev–Trinajstić information content (AvgIpc) is 2.41. The number of unbranched alkanes of at least 4 members (excludes halogenated alkanes) is 3. The molecule has 6 heteroatoms. The van der Waals surface area contributed by atoms with Crippen LogP contribution >= 0.6 is 0 Å². The summed E-state index contributed by atoms with van der Waals surface area (Å²) >= 11 is 0. The number of carbonyl (C=O) groups excluding carboxylic acids is 1. The molecule has 1 N–H and O–H groups in total. The lowest BCUT2D eigenvalue weighted by molar-refractivity contribution is -0.385. The fourth-order valence-corrected chi connectivity index (χ4v) is 2.06. The molecule has 0 amide bonds. The Bertz CT molecular complexity index is 498. The third-order valence-corrected chi connectivity index (χ3v) is 3.07. The minimum absolute atomic E-state index is 0.142. The number of nitrogens with zero attached hydrogens (tertiary/aromatic N) is 1. The van der Waals surface area contributed by atoms with Crippen molar-refractivity contribution in [3.8, 4) is 0 Å². The molecule has 0 radical (unpaired) electrons. The normalized spacial score (nSPS) is 10.2. The molecule has 0 aliphatic heterocycles. The van der Waals surface area contributed by atoms with E-state index in [-0.39, 0.29) is 17.7 Å². The van der Waals surface area contributed by atoms with E-state index in [2.05, 4.69) is 0 Å². The van der Waals surface area contributed by atoms with E-state index >= 15 is 0 Å². The summed E-state index contributed by atoms with van der Waals surface area (Å²) in [6.45, 7) is 0. The lowest BCUT2D eigenvalue weighted by Crippen LogP contribution is -2.00. The average molecular weight is 279 g/mol. The van der Waals surface area contributed by atoms with E-state index < -0.39 is 10.9 Å². The number of carboxylic acid groups (broad SMARTS) is 1. The van der Waals surface area contributed by atoms with Crippen molar-refractivity contribution in [3.05, 3.63) is 39.4 Å². The molecule has 6 nitrogen and oxygen atoms in total. The van der Waals surface area contributed by atoms with E-state index in [0.717, 1.165) is 19.3 Å². The summed E-state index contributed by atoms with van der Waals surface area (Å²) < 4.78 is 0. The van der Waals surface area contributed by atoms with Crippen LogP contribution in [0.15, 0.2) is 18.2 Å². The van der Waals surface area contributed by atoms with Gasteiger partial charge in [-0.15, -0.1) is 0 Å². The van der Waals surface area contributed by atoms with Gasteiger partial charge in [-0.3, -0.25) is 19.7 Å². The topological polar surface area (TPSA) is 97.5 Å². The van der Waals surface area contributed by atoms with Crippen molar-refractivity contribution < 1.29 is 19.6 Å². The number of rotatable bonds is 9. The van der Waals surface area contributed by atoms with Crippen molar-refractivity contribution in [3.63, 3.8) is 0 Å². The number of benzene rings is 1. The van der Waals surface area contributed by atoms with Gasteiger partial charge in [-0.05, 0) is 24.8 Å². The third-order valence-electron chi connectivity index (χ3n) is 3.07. The largest absolute Gasteiger partial charge is 0.481 e. The second-order valence-electron chi connectivity index (χ2n) is 4.53. The van der Waals surface area contributed by atoms with Crippen LogP contribution in [0.5, 0.6) is 0 Å². The quantitative estimate of drug-likeness (QED) is 0.324. The van der Waals surface area contributed by atoms with E-state index in [1.165, 1.54) is 6.07 Å². The van der Waals surface area contributed by atoms with Gasteiger partial charge >= 0.3 is 5.97 Å². The van der Waals surface area contributed by atoms with Crippen molar-refractivity contribution in [1.82, 2.24) is 0 Å². The van der Waals surface area contributed by atoms with Gasteiger partial charge in [0, 0.05) is 12.5 Å². The van der Waals surface area contributed by atoms with Gasteiger partial charge in [-0.1, -0.05) is 25.0 Å². The molecule has 0 aliphatic carbocycles. The van der Waals surface area contributed by atoms with E-state index in [1.54, 1.807) is 12.1 Å². The zero-order valence-electron chi connectivity index (χ0n) is 11.1. The number of nitro groups is 1. The summed E-state index contributed by atoms with van der Waals surface area (Å²) in [6, 6.07) is 4.61. The molecular weight excluding hydrogens is 262 g/mol. The Balaban J connectivity index is 2.52. The summed E-state index contributed by atoms with van der Waals surface area (Å²) in [6.07, 6.45) is 4.33. The van der Waals surface area contributed by atoms with Gasteiger partial charge in [-0.25, -0.2) is 0 Å². The minimum atomic E-state index is -0.799.